The average Bonchev–Trinajstić information content (AvgIpc) is 3.01. The predicted molar refractivity (Wildman–Crippen MR) is 96.1 cm³/mol. The van der Waals surface area contributed by atoms with Crippen molar-refractivity contribution in [2.75, 3.05) is 32.8 Å². The largest absolute Gasteiger partial charge is 0.489 e. The normalized spacial score (nSPS) is 25.6. The number of benzene rings is 1. The number of rotatable bonds is 3. The van der Waals surface area contributed by atoms with Gasteiger partial charge in [-0.15, -0.1) is 0 Å². The summed E-state index contributed by atoms with van der Waals surface area (Å²) in [7, 11) is 0. The Bertz CT molecular complexity index is 567. The van der Waals surface area contributed by atoms with Gasteiger partial charge in [-0.3, -0.25) is 4.90 Å². The summed E-state index contributed by atoms with van der Waals surface area (Å²) in [5.74, 6) is 2.38. The fourth-order valence-corrected chi connectivity index (χ4v) is 4.55. The Kier molecular flexibility index (Phi) is 5.16. The maximum atomic E-state index is 6.42. The molecule has 0 aromatic heterocycles. The molecule has 0 saturated carbocycles. The molecule has 1 unspecified atom stereocenters. The number of nitrogens with zero attached hydrogens (tertiary/aromatic N) is 1. The van der Waals surface area contributed by atoms with Crippen molar-refractivity contribution in [3.63, 3.8) is 0 Å². The second kappa shape index (κ2) is 7.51. The quantitative estimate of drug-likeness (QED) is 0.905. The molecular weight excluding hydrogens is 324 g/mol. The summed E-state index contributed by atoms with van der Waals surface area (Å²) in [5.41, 5.74) is 1.22. The number of hydrogen-bond acceptors (Lipinski definition) is 4. The highest BCUT2D eigenvalue weighted by Gasteiger charge is 2.28. The van der Waals surface area contributed by atoms with Crippen molar-refractivity contribution in [1.82, 2.24) is 10.2 Å². The van der Waals surface area contributed by atoms with Gasteiger partial charge in [-0.1, -0.05) is 11.6 Å². The van der Waals surface area contributed by atoms with E-state index in [0.717, 1.165) is 30.7 Å². The fraction of sp³-hybridized carbons (Fsp3) is 0.684. The second-order valence-corrected chi connectivity index (χ2v) is 7.68. The van der Waals surface area contributed by atoms with Crippen molar-refractivity contribution in [2.45, 2.75) is 44.7 Å². The van der Waals surface area contributed by atoms with E-state index in [2.05, 4.69) is 16.3 Å². The van der Waals surface area contributed by atoms with E-state index in [4.69, 9.17) is 21.1 Å². The maximum Gasteiger partial charge on any atom is 0.179 e. The number of ether oxygens (including phenoxy) is 2. The SMILES string of the molecule is Clc1cc(CN2CCC(C3CCCN3)CC2)cc2c1OCCCO2. The summed E-state index contributed by atoms with van der Waals surface area (Å²) in [5, 5.41) is 4.35. The zero-order valence-corrected chi connectivity index (χ0v) is 15.0. The molecule has 24 heavy (non-hydrogen) atoms. The van der Waals surface area contributed by atoms with Crippen molar-refractivity contribution in [3.05, 3.63) is 22.7 Å². The predicted octanol–water partition coefficient (Wildman–Crippen LogP) is 3.47. The highest BCUT2D eigenvalue weighted by atomic mass is 35.5. The van der Waals surface area contributed by atoms with E-state index in [0.29, 0.717) is 24.0 Å². The molecule has 4 nitrogen and oxygen atoms in total. The number of hydrogen-bond donors (Lipinski definition) is 1. The van der Waals surface area contributed by atoms with Gasteiger partial charge < -0.3 is 14.8 Å². The molecule has 1 atom stereocenters. The van der Waals surface area contributed by atoms with Crippen LogP contribution in [0.2, 0.25) is 5.02 Å². The average molecular weight is 351 g/mol. The first-order valence-corrected chi connectivity index (χ1v) is 9.71. The molecule has 0 radical (unpaired) electrons. The number of piperidine rings is 1. The lowest BCUT2D eigenvalue weighted by Crippen LogP contribution is -2.40. The van der Waals surface area contributed by atoms with Gasteiger partial charge in [-0.05, 0) is 68.9 Å². The fourth-order valence-electron chi connectivity index (χ4n) is 4.26. The third kappa shape index (κ3) is 3.66. The third-order valence-electron chi connectivity index (χ3n) is 5.57. The lowest BCUT2D eigenvalue weighted by atomic mass is 9.88. The van der Waals surface area contributed by atoms with Crippen LogP contribution in [0.4, 0.5) is 0 Å². The number of likely N-dealkylation sites (tertiary alicyclic amines) is 1. The zero-order chi connectivity index (χ0) is 16.4. The Morgan fingerprint density at radius 3 is 2.71 bits per heavy atom. The van der Waals surface area contributed by atoms with Crippen LogP contribution in [0.25, 0.3) is 0 Å². The molecule has 1 aromatic carbocycles. The maximum absolute atomic E-state index is 6.42. The van der Waals surface area contributed by atoms with Crippen LogP contribution in [0.5, 0.6) is 11.5 Å². The van der Waals surface area contributed by atoms with Crippen LogP contribution >= 0.6 is 11.6 Å². The summed E-state index contributed by atoms with van der Waals surface area (Å²) in [4.78, 5) is 2.54. The van der Waals surface area contributed by atoms with E-state index in [1.165, 1.54) is 50.9 Å². The van der Waals surface area contributed by atoms with Gasteiger partial charge in [0.15, 0.2) is 11.5 Å². The summed E-state index contributed by atoms with van der Waals surface area (Å²) < 4.78 is 11.5. The minimum absolute atomic E-state index is 0.675. The standard InChI is InChI=1S/C19H27ClN2O2/c20-16-11-14(12-18-19(16)24-10-2-9-23-18)13-22-7-4-15(5-8-22)17-3-1-6-21-17/h11-12,15,17,21H,1-10,13H2. The van der Waals surface area contributed by atoms with Crippen LogP contribution in [0.3, 0.4) is 0 Å². The van der Waals surface area contributed by atoms with E-state index in [1.54, 1.807) is 0 Å². The summed E-state index contributed by atoms with van der Waals surface area (Å²) in [6.45, 7) is 5.88. The van der Waals surface area contributed by atoms with E-state index >= 15 is 0 Å². The minimum atomic E-state index is 0.675. The van der Waals surface area contributed by atoms with Crippen LogP contribution in [-0.4, -0.2) is 43.8 Å². The number of nitrogens with one attached hydrogen (secondary N) is 1. The smallest absolute Gasteiger partial charge is 0.179 e. The van der Waals surface area contributed by atoms with Crippen LogP contribution in [0.1, 0.15) is 37.7 Å². The van der Waals surface area contributed by atoms with Gasteiger partial charge in [0.2, 0.25) is 0 Å². The molecule has 2 saturated heterocycles. The Morgan fingerprint density at radius 2 is 1.92 bits per heavy atom. The molecule has 4 rings (SSSR count). The highest BCUT2D eigenvalue weighted by Crippen LogP contribution is 2.38. The van der Waals surface area contributed by atoms with Crippen LogP contribution < -0.4 is 14.8 Å². The highest BCUT2D eigenvalue weighted by molar-refractivity contribution is 6.32. The molecule has 0 aliphatic carbocycles. The van der Waals surface area contributed by atoms with Crippen molar-refractivity contribution in [3.8, 4) is 11.5 Å². The van der Waals surface area contributed by atoms with E-state index < -0.39 is 0 Å². The Labute approximate surface area is 149 Å². The van der Waals surface area contributed by atoms with Gasteiger partial charge in [-0.25, -0.2) is 0 Å². The molecule has 3 aliphatic rings. The molecule has 5 heteroatoms. The molecular formula is C19H27ClN2O2. The molecule has 0 bridgehead atoms. The monoisotopic (exact) mass is 350 g/mol. The molecule has 2 fully saturated rings. The molecule has 0 amide bonds. The third-order valence-corrected chi connectivity index (χ3v) is 5.85. The zero-order valence-electron chi connectivity index (χ0n) is 14.2. The summed E-state index contributed by atoms with van der Waals surface area (Å²) in [6, 6.07) is 4.91. The van der Waals surface area contributed by atoms with Gasteiger partial charge in [-0.2, -0.15) is 0 Å². The first-order chi connectivity index (χ1) is 11.8. The lowest BCUT2D eigenvalue weighted by molar-refractivity contribution is 0.157. The Balaban J connectivity index is 1.37. The van der Waals surface area contributed by atoms with E-state index in [9.17, 15) is 0 Å². The van der Waals surface area contributed by atoms with E-state index in [1.807, 2.05) is 6.07 Å². The van der Waals surface area contributed by atoms with Crippen molar-refractivity contribution < 1.29 is 9.47 Å². The summed E-state index contributed by atoms with van der Waals surface area (Å²) in [6.07, 6.45) is 6.22. The summed E-state index contributed by atoms with van der Waals surface area (Å²) >= 11 is 6.42. The Morgan fingerprint density at radius 1 is 1.08 bits per heavy atom. The topological polar surface area (TPSA) is 33.7 Å². The lowest BCUT2D eigenvalue weighted by Gasteiger charge is -2.35. The van der Waals surface area contributed by atoms with Gasteiger partial charge >= 0.3 is 0 Å². The first-order valence-electron chi connectivity index (χ1n) is 9.33. The number of halogens is 1. The van der Waals surface area contributed by atoms with Crippen LogP contribution in [-0.2, 0) is 6.54 Å². The molecule has 3 heterocycles. The Hall–Kier alpha value is -0.970. The molecule has 1 aromatic rings. The van der Waals surface area contributed by atoms with Crippen molar-refractivity contribution >= 4 is 11.6 Å². The molecule has 132 valence electrons. The minimum Gasteiger partial charge on any atom is -0.489 e. The first kappa shape index (κ1) is 16.5. The molecule has 0 spiro atoms. The number of fused-ring (bicyclic) bond motifs is 1. The van der Waals surface area contributed by atoms with Crippen molar-refractivity contribution in [2.24, 2.45) is 5.92 Å². The molecule has 3 aliphatic heterocycles. The van der Waals surface area contributed by atoms with Crippen LogP contribution in [0.15, 0.2) is 12.1 Å². The van der Waals surface area contributed by atoms with Gasteiger partial charge in [0.1, 0.15) is 0 Å². The van der Waals surface area contributed by atoms with Gasteiger partial charge in [0.05, 0.1) is 18.2 Å². The molecule has 1 N–H and O–H groups in total. The van der Waals surface area contributed by atoms with Gasteiger partial charge in [0, 0.05) is 19.0 Å². The van der Waals surface area contributed by atoms with Crippen LogP contribution in [0, 0.1) is 5.92 Å². The second-order valence-electron chi connectivity index (χ2n) is 7.27. The van der Waals surface area contributed by atoms with Gasteiger partial charge in [0.25, 0.3) is 0 Å². The van der Waals surface area contributed by atoms with Crippen molar-refractivity contribution in [1.29, 1.82) is 0 Å². The van der Waals surface area contributed by atoms with E-state index in [-0.39, 0.29) is 0 Å².